The second-order valence-electron chi connectivity index (χ2n) is 5.23. The van der Waals surface area contributed by atoms with Crippen LogP contribution in [0.3, 0.4) is 0 Å². The van der Waals surface area contributed by atoms with Gasteiger partial charge in [-0.2, -0.15) is 5.10 Å². The second-order valence-corrected chi connectivity index (χ2v) is 5.23. The Balaban J connectivity index is 1.88. The van der Waals surface area contributed by atoms with E-state index in [4.69, 9.17) is 4.74 Å². The maximum absolute atomic E-state index is 12.3. The Morgan fingerprint density at radius 1 is 1.32 bits per heavy atom. The molecule has 0 atom stereocenters. The highest BCUT2D eigenvalue weighted by molar-refractivity contribution is 5.90. The number of nitrogens with zero attached hydrogens (tertiary/aromatic N) is 2. The normalized spacial score (nSPS) is 13.7. The number of carbonyl (C=O) groups is 2. The summed E-state index contributed by atoms with van der Waals surface area (Å²) in [4.78, 5) is 23.5. The van der Waals surface area contributed by atoms with E-state index < -0.39 is 5.97 Å². The highest BCUT2D eigenvalue weighted by Crippen LogP contribution is 2.39. The van der Waals surface area contributed by atoms with Gasteiger partial charge < -0.3 is 10.1 Å². The Labute approximate surface area is 128 Å². The smallest absolute Gasteiger partial charge is 0.357 e. The number of carbonyl (C=O) groups excluding carboxylic acids is 2. The van der Waals surface area contributed by atoms with Gasteiger partial charge in [-0.05, 0) is 31.0 Å². The van der Waals surface area contributed by atoms with E-state index in [1.54, 1.807) is 10.7 Å². The maximum atomic E-state index is 12.3. The van der Waals surface area contributed by atoms with E-state index in [1.807, 2.05) is 30.3 Å². The second kappa shape index (κ2) is 6.01. The molecule has 1 aliphatic carbocycles. The number of ether oxygens (including phenoxy) is 1. The molecule has 0 saturated heterocycles. The predicted octanol–water partition coefficient (Wildman–Crippen LogP) is 1.65. The summed E-state index contributed by atoms with van der Waals surface area (Å²) in [6, 6.07) is 11.2. The van der Waals surface area contributed by atoms with E-state index in [9.17, 15) is 9.59 Å². The van der Waals surface area contributed by atoms with Gasteiger partial charge in [0.15, 0.2) is 12.3 Å². The number of benzene rings is 1. The van der Waals surface area contributed by atoms with Gasteiger partial charge in [0.1, 0.15) is 0 Å². The number of nitrogens with one attached hydrogen (secondary N) is 1. The van der Waals surface area contributed by atoms with Crippen molar-refractivity contribution in [2.75, 3.05) is 13.7 Å². The van der Waals surface area contributed by atoms with E-state index in [0.717, 1.165) is 24.2 Å². The van der Waals surface area contributed by atoms with Crippen LogP contribution in [0, 0.1) is 0 Å². The van der Waals surface area contributed by atoms with Crippen molar-refractivity contribution in [1.29, 1.82) is 0 Å². The van der Waals surface area contributed by atoms with Crippen molar-refractivity contribution in [2.45, 2.75) is 18.8 Å². The number of rotatable bonds is 5. The first-order valence-corrected chi connectivity index (χ1v) is 7.22. The number of esters is 1. The molecule has 1 aliphatic rings. The molecular formula is C16H17N3O3. The minimum absolute atomic E-state index is 0.298. The van der Waals surface area contributed by atoms with Crippen LogP contribution < -0.4 is 5.32 Å². The zero-order chi connectivity index (χ0) is 15.5. The van der Waals surface area contributed by atoms with Gasteiger partial charge in [0.05, 0.1) is 11.4 Å². The van der Waals surface area contributed by atoms with Gasteiger partial charge in [0.2, 0.25) is 0 Å². The zero-order valence-electron chi connectivity index (χ0n) is 12.3. The third-order valence-electron chi connectivity index (χ3n) is 3.55. The summed E-state index contributed by atoms with van der Waals surface area (Å²) < 4.78 is 6.63. The highest BCUT2D eigenvalue weighted by atomic mass is 16.5. The van der Waals surface area contributed by atoms with Crippen LogP contribution in [-0.2, 0) is 9.53 Å². The molecule has 6 heteroatoms. The molecular weight excluding hydrogens is 282 g/mol. The van der Waals surface area contributed by atoms with Crippen LogP contribution in [0.1, 0.15) is 34.9 Å². The Bertz CT molecular complexity index is 690. The first-order chi connectivity index (χ1) is 10.7. The lowest BCUT2D eigenvalue weighted by Crippen LogP contribution is -2.25. The molecule has 2 aromatic rings. The van der Waals surface area contributed by atoms with Gasteiger partial charge in [0.25, 0.3) is 5.91 Å². The van der Waals surface area contributed by atoms with Gasteiger partial charge in [0, 0.05) is 13.0 Å². The molecule has 22 heavy (non-hydrogen) atoms. The molecule has 1 N–H and O–H groups in total. The summed E-state index contributed by atoms with van der Waals surface area (Å²) in [7, 11) is 1.50. The Morgan fingerprint density at radius 2 is 2.05 bits per heavy atom. The molecule has 1 saturated carbocycles. The van der Waals surface area contributed by atoms with Crippen LogP contribution in [0.4, 0.5) is 0 Å². The van der Waals surface area contributed by atoms with Crippen LogP contribution in [-0.4, -0.2) is 35.3 Å². The van der Waals surface area contributed by atoms with E-state index >= 15 is 0 Å². The van der Waals surface area contributed by atoms with E-state index in [0.29, 0.717) is 11.6 Å². The Morgan fingerprint density at radius 3 is 2.68 bits per heavy atom. The predicted molar refractivity (Wildman–Crippen MR) is 79.9 cm³/mol. The number of para-hydroxylation sites is 1. The highest BCUT2D eigenvalue weighted by Gasteiger charge is 2.29. The summed E-state index contributed by atoms with van der Waals surface area (Å²) in [5.41, 5.74) is 2.04. The zero-order valence-corrected chi connectivity index (χ0v) is 12.3. The van der Waals surface area contributed by atoms with E-state index in [1.165, 1.54) is 7.05 Å². The molecule has 6 nitrogen and oxygen atoms in total. The quantitative estimate of drug-likeness (QED) is 0.852. The van der Waals surface area contributed by atoms with Crippen LogP contribution >= 0.6 is 0 Å². The van der Waals surface area contributed by atoms with Crippen LogP contribution in [0.2, 0.25) is 0 Å². The lowest BCUT2D eigenvalue weighted by atomic mass is 10.2. The van der Waals surface area contributed by atoms with Crippen molar-refractivity contribution in [3.8, 4) is 5.69 Å². The molecule has 0 unspecified atom stereocenters. The van der Waals surface area contributed by atoms with Crippen molar-refractivity contribution >= 4 is 11.9 Å². The number of hydrogen-bond acceptors (Lipinski definition) is 4. The summed E-state index contributed by atoms with van der Waals surface area (Å²) in [6.07, 6.45) is 2.19. The Kier molecular flexibility index (Phi) is 3.91. The minimum Gasteiger partial charge on any atom is -0.451 e. The van der Waals surface area contributed by atoms with Gasteiger partial charge in [-0.1, -0.05) is 18.2 Å². The van der Waals surface area contributed by atoms with Crippen molar-refractivity contribution in [3.63, 3.8) is 0 Å². The topological polar surface area (TPSA) is 73.2 Å². The number of amides is 1. The summed E-state index contributed by atoms with van der Waals surface area (Å²) >= 11 is 0. The Hall–Kier alpha value is -2.63. The molecule has 1 aromatic heterocycles. The first-order valence-electron chi connectivity index (χ1n) is 7.22. The molecule has 0 radical (unpaired) electrons. The fourth-order valence-corrected chi connectivity index (χ4v) is 2.17. The van der Waals surface area contributed by atoms with Gasteiger partial charge >= 0.3 is 5.97 Å². The third kappa shape index (κ3) is 3.00. The van der Waals surface area contributed by atoms with Gasteiger partial charge in [-0.25, -0.2) is 9.48 Å². The van der Waals surface area contributed by atoms with E-state index in [2.05, 4.69) is 10.4 Å². The average molecular weight is 299 g/mol. The van der Waals surface area contributed by atoms with Crippen molar-refractivity contribution < 1.29 is 14.3 Å². The number of hydrogen-bond donors (Lipinski definition) is 1. The third-order valence-corrected chi connectivity index (χ3v) is 3.55. The SMILES string of the molecule is CNC(=O)COC(=O)c1cc(C2CC2)nn1-c1ccccc1. The molecule has 0 spiro atoms. The summed E-state index contributed by atoms with van der Waals surface area (Å²) in [5.74, 6) is -0.469. The van der Waals surface area contributed by atoms with Crippen molar-refractivity contribution in [2.24, 2.45) is 0 Å². The molecule has 1 fully saturated rings. The standard InChI is InChI=1S/C16H17N3O3/c1-17-15(20)10-22-16(21)14-9-13(11-7-8-11)18-19(14)12-5-3-2-4-6-12/h2-6,9,11H,7-8,10H2,1H3,(H,17,20). The lowest BCUT2D eigenvalue weighted by molar-refractivity contribution is -0.123. The number of likely N-dealkylation sites (N-methyl/N-ethyl adjacent to an activating group) is 1. The molecule has 1 heterocycles. The summed E-state index contributed by atoms with van der Waals surface area (Å²) in [6.45, 7) is -0.298. The van der Waals surface area contributed by atoms with Gasteiger partial charge in [-0.15, -0.1) is 0 Å². The molecule has 0 aliphatic heterocycles. The largest absolute Gasteiger partial charge is 0.451 e. The number of aromatic nitrogens is 2. The molecule has 3 rings (SSSR count). The maximum Gasteiger partial charge on any atom is 0.357 e. The molecule has 114 valence electrons. The molecule has 1 amide bonds. The van der Waals surface area contributed by atoms with Crippen molar-refractivity contribution in [3.05, 3.63) is 47.8 Å². The van der Waals surface area contributed by atoms with E-state index in [-0.39, 0.29) is 12.5 Å². The monoisotopic (exact) mass is 299 g/mol. The first kappa shape index (κ1) is 14.3. The van der Waals surface area contributed by atoms with Crippen LogP contribution in [0.5, 0.6) is 0 Å². The summed E-state index contributed by atoms with van der Waals surface area (Å²) in [5, 5.41) is 6.94. The van der Waals surface area contributed by atoms with Crippen LogP contribution in [0.25, 0.3) is 5.69 Å². The lowest BCUT2D eigenvalue weighted by Gasteiger charge is -2.07. The molecule has 0 bridgehead atoms. The van der Waals surface area contributed by atoms with Crippen molar-refractivity contribution in [1.82, 2.24) is 15.1 Å². The fraction of sp³-hybridized carbons (Fsp3) is 0.312. The minimum atomic E-state index is -0.549. The van der Waals surface area contributed by atoms with Gasteiger partial charge in [-0.3, -0.25) is 4.79 Å². The fourth-order valence-electron chi connectivity index (χ4n) is 2.17. The average Bonchev–Trinajstić information content (AvgIpc) is 3.31. The van der Waals surface area contributed by atoms with Crippen LogP contribution in [0.15, 0.2) is 36.4 Å². The molecule has 1 aromatic carbocycles.